The van der Waals surface area contributed by atoms with Crippen molar-refractivity contribution in [3.05, 3.63) is 33.0 Å². The standard InChI is InChI=1S/C8H7I2NS/c9-6-12-5-3-8-7(10)2-1-4-11-8/h1-5H,6H2/b5-3+. The largest absolute Gasteiger partial charge is 0.256 e. The molecule has 1 aromatic heterocycles. The fraction of sp³-hybridized carbons (Fsp3) is 0.125. The number of hydrogen-bond donors (Lipinski definition) is 0. The van der Waals surface area contributed by atoms with Crippen LogP contribution in [0, 0.1) is 3.57 Å². The van der Waals surface area contributed by atoms with Gasteiger partial charge in [-0.3, -0.25) is 4.98 Å². The highest BCUT2D eigenvalue weighted by molar-refractivity contribution is 14.1. The van der Waals surface area contributed by atoms with Crippen molar-refractivity contribution < 1.29 is 0 Å². The van der Waals surface area contributed by atoms with Gasteiger partial charge in [0.1, 0.15) is 0 Å². The molecule has 4 heteroatoms. The van der Waals surface area contributed by atoms with E-state index in [1.165, 1.54) is 3.57 Å². The molecule has 0 fully saturated rings. The van der Waals surface area contributed by atoms with Gasteiger partial charge >= 0.3 is 0 Å². The molecule has 0 aliphatic carbocycles. The topological polar surface area (TPSA) is 12.9 Å². The summed E-state index contributed by atoms with van der Waals surface area (Å²) >= 11 is 6.39. The van der Waals surface area contributed by atoms with E-state index in [1.807, 2.05) is 18.3 Å². The van der Waals surface area contributed by atoms with E-state index in [-0.39, 0.29) is 0 Å². The van der Waals surface area contributed by atoms with Crippen LogP contribution in [0.4, 0.5) is 0 Å². The van der Waals surface area contributed by atoms with Crippen LogP contribution in [0.15, 0.2) is 23.7 Å². The minimum atomic E-state index is 1.05. The van der Waals surface area contributed by atoms with Crippen LogP contribution in [0.5, 0.6) is 0 Å². The Kier molecular flexibility index (Phi) is 5.57. The minimum absolute atomic E-state index is 1.05. The van der Waals surface area contributed by atoms with E-state index in [0.717, 1.165) is 9.45 Å². The highest BCUT2D eigenvalue weighted by atomic mass is 127. The van der Waals surface area contributed by atoms with Crippen LogP contribution < -0.4 is 0 Å². The van der Waals surface area contributed by atoms with Gasteiger partial charge in [-0.25, -0.2) is 0 Å². The maximum absolute atomic E-state index is 4.24. The van der Waals surface area contributed by atoms with Gasteiger partial charge in [0.05, 0.1) is 5.69 Å². The van der Waals surface area contributed by atoms with Crippen molar-refractivity contribution in [3.63, 3.8) is 0 Å². The third-order valence-corrected chi connectivity index (χ3v) is 3.62. The van der Waals surface area contributed by atoms with Crippen LogP contribution in [0.3, 0.4) is 0 Å². The Bertz CT molecular complexity index is 276. The van der Waals surface area contributed by atoms with Crippen molar-refractivity contribution in [1.82, 2.24) is 4.98 Å². The van der Waals surface area contributed by atoms with Gasteiger partial charge in [-0.15, -0.1) is 11.8 Å². The first-order chi connectivity index (χ1) is 5.84. The first-order valence-electron chi connectivity index (χ1n) is 3.29. The lowest BCUT2D eigenvalue weighted by Crippen LogP contribution is -1.82. The molecule has 0 saturated carbocycles. The third kappa shape index (κ3) is 3.61. The molecule has 0 aliphatic heterocycles. The Hall–Kier alpha value is 0.700. The molecule has 1 heterocycles. The Morgan fingerprint density at radius 1 is 1.58 bits per heavy atom. The van der Waals surface area contributed by atoms with E-state index in [2.05, 4.69) is 61.6 Å². The van der Waals surface area contributed by atoms with E-state index in [4.69, 9.17) is 0 Å². The zero-order valence-electron chi connectivity index (χ0n) is 6.21. The van der Waals surface area contributed by atoms with Crippen LogP contribution in [0.25, 0.3) is 6.08 Å². The van der Waals surface area contributed by atoms with Gasteiger partial charge in [-0.2, -0.15) is 0 Å². The summed E-state index contributed by atoms with van der Waals surface area (Å²) in [7, 11) is 0. The fourth-order valence-electron chi connectivity index (χ4n) is 0.669. The molecule has 0 radical (unpaired) electrons. The molecule has 1 rings (SSSR count). The molecule has 0 unspecified atom stereocenters. The molecule has 0 atom stereocenters. The molecule has 0 amide bonds. The minimum Gasteiger partial charge on any atom is -0.256 e. The third-order valence-electron chi connectivity index (χ3n) is 1.17. The van der Waals surface area contributed by atoms with Crippen molar-refractivity contribution in [2.45, 2.75) is 0 Å². The highest BCUT2D eigenvalue weighted by Crippen LogP contribution is 2.13. The summed E-state index contributed by atoms with van der Waals surface area (Å²) in [5.41, 5.74) is 1.05. The lowest BCUT2D eigenvalue weighted by atomic mass is 10.3. The van der Waals surface area contributed by atoms with Gasteiger partial charge in [0.25, 0.3) is 0 Å². The molecule has 1 nitrogen and oxygen atoms in total. The van der Waals surface area contributed by atoms with Crippen molar-refractivity contribution in [1.29, 1.82) is 0 Å². The van der Waals surface area contributed by atoms with Crippen LogP contribution in [-0.2, 0) is 0 Å². The van der Waals surface area contributed by atoms with Crippen molar-refractivity contribution in [2.24, 2.45) is 0 Å². The summed E-state index contributed by atoms with van der Waals surface area (Å²) in [4.78, 5) is 4.24. The van der Waals surface area contributed by atoms with Gasteiger partial charge in [-0.1, -0.05) is 22.6 Å². The quantitative estimate of drug-likeness (QED) is 0.563. The number of nitrogens with zero attached hydrogens (tertiary/aromatic N) is 1. The van der Waals surface area contributed by atoms with E-state index < -0.39 is 0 Å². The van der Waals surface area contributed by atoms with Gasteiger partial charge in [0.15, 0.2) is 0 Å². The Morgan fingerprint density at radius 3 is 3.08 bits per heavy atom. The van der Waals surface area contributed by atoms with E-state index in [1.54, 1.807) is 11.8 Å². The van der Waals surface area contributed by atoms with E-state index in [0.29, 0.717) is 0 Å². The molecule has 0 N–H and O–H groups in total. The summed E-state index contributed by atoms with van der Waals surface area (Å²) in [6.07, 6.45) is 3.86. The second-order valence-corrected chi connectivity index (χ2v) is 5.80. The van der Waals surface area contributed by atoms with Crippen LogP contribution in [-0.4, -0.2) is 8.74 Å². The molecule has 0 spiro atoms. The van der Waals surface area contributed by atoms with Gasteiger partial charge in [0.2, 0.25) is 0 Å². The highest BCUT2D eigenvalue weighted by Gasteiger charge is 1.92. The van der Waals surface area contributed by atoms with Gasteiger partial charge < -0.3 is 0 Å². The number of rotatable bonds is 3. The maximum atomic E-state index is 4.24. The number of thioether (sulfide) groups is 1. The summed E-state index contributed by atoms with van der Waals surface area (Å²) < 4.78 is 2.28. The predicted octanol–water partition coefficient (Wildman–Crippen LogP) is 3.78. The summed E-state index contributed by atoms with van der Waals surface area (Å²) in [5, 5.41) is 2.08. The van der Waals surface area contributed by atoms with Crippen molar-refractivity contribution in [3.8, 4) is 0 Å². The lowest BCUT2D eigenvalue weighted by Gasteiger charge is -1.94. The first kappa shape index (κ1) is 10.8. The molecular weight excluding hydrogens is 396 g/mol. The second-order valence-electron chi connectivity index (χ2n) is 1.95. The van der Waals surface area contributed by atoms with Crippen LogP contribution >= 0.6 is 56.9 Å². The Labute approximate surface area is 104 Å². The maximum Gasteiger partial charge on any atom is 0.0768 e. The smallest absolute Gasteiger partial charge is 0.0768 e. The number of halogens is 2. The lowest BCUT2D eigenvalue weighted by molar-refractivity contribution is 1.27. The number of pyridine rings is 1. The zero-order chi connectivity index (χ0) is 8.81. The first-order valence-corrected chi connectivity index (χ1v) is 6.94. The van der Waals surface area contributed by atoms with E-state index in [9.17, 15) is 0 Å². The summed E-state index contributed by atoms with van der Waals surface area (Å²) in [5.74, 6) is 0. The Morgan fingerprint density at radius 2 is 2.42 bits per heavy atom. The monoisotopic (exact) mass is 403 g/mol. The number of hydrogen-bond acceptors (Lipinski definition) is 2. The average Bonchev–Trinajstić information content (AvgIpc) is 2.09. The number of alkyl halides is 1. The van der Waals surface area contributed by atoms with Crippen molar-refractivity contribution >= 4 is 63.0 Å². The van der Waals surface area contributed by atoms with Gasteiger partial charge in [0, 0.05) is 13.5 Å². The summed E-state index contributed by atoms with van der Waals surface area (Å²) in [6.45, 7) is 0. The molecular formula is C8H7I2NS. The van der Waals surface area contributed by atoms with Crippen LogP contribution in [0.2, 0.25) is 0 Å². The van der Waals surface area contributed by atoms with Crippen molar-refractivity contribution in [2.75, 3.05) is 3.76 Å². The molecule has 0 saturated heterocycles. The summed E-state index contributed by atoms with van der Waals surface area (Å²) in [6, 6.07) is 4.01. The van der Waals surface area contributed by atoms with Gasteiger partial charge in [-0.05, 0) is 46.2 Å². The zero-order valence-corrected chi connectivity index (χ0v) is 11.3. The molecule has 12 heavy (non-hydrogen) atoms. The molecule has 0 aromatic carbocycles. The molecule has 64 valence electrons. The molecule has 1 aromatic rings. The molecule has 0 aliphatic rings. The SMILES string of the molecule is ICS/C=C/c1ncccc1I. The fourth-order valence-corrected chi connectivity index (χ4v) is 2.12. The normalized spacial score (nSPS) is 10.8. The molecule has 0 bridgehead atoms. The van der Waals surface area contributed by atoms with E-state index >= 15 is 0 Å². The Balaban J connectivity index is 2.68. The number of aromatic nitrogens is 1. The second kappa shape index (κ2) is 6.20. The van der Waals surface area contributed by atoms with Crippen LogP contribution in [0.1, 0.15) is 5.69 Å². The predicted molar refractivity (Wildman–Crippen MR) is 72.5 cm³/mol. The average molecular weight is 403 g/mol.